The third kappa shape index (κ3) is 1.69. The monoisotopic (exact) mass is 237 g/mol. The van der Waals surface area contributed by atoms with Crippen LogP contribution in [-0.2, 0) is 11.4 Å². The van der Waals surface area contributed by atoms with E-state index in [0.29, 0.717) is 5.88 Å². The van der Waals surface area contributed by atoms with Crippen molar-refractivity contribution in [1.29, 1.82) is 0 Å². The first-order chi connectivity index (χ1) is 7.45. The van der Waals surface area contributed by atoms with Crippen molar-refractivity contribution < 1.29 is 0 Å². The lowest BCUT2D eigenvalue weighted by atomic mass is 10.1. The van der Waals surface area contributed by atoms with Crippen molar-refractivity contribution in [3.05, 3.63) is 23.7 Å². The molecule has 2 aromatic rings. The number of hydrogen-bond acceptors (Lipinski definition) is 2. The van der Waals surface area contributed by atoms with Crippen molar-refractivity contribution in [2.24, 2.45) is 0 Å². The highest BCUT2D eigenvalue weighted by Gasteiger charge is 2.22. The van der Waals surface area contributed by atoms with Gasteiger partial charge in [-0.3, -0.25) is 0 Å². The van der Waals surface area contributed by atoms with Crippen LogP contribution in [0.15, 0.2) is 12.3 Å². The molecule has 0 atom stereocenters. The Morgan fingerprint density at radius 1 is 1.38 bits per heavy atom. The third-order valence-electron chi connectivity index (χ3n) is 2.61. The van der Waals surface area contributed by atoms with E-state index in [2.05, 4.69) is 35.3 Å². The molecule has 16 heavy (non-hydrogen) atoms. The van der Waals surface area contributed by atoms with E-state index >= 15 is 0 Å². The fourth-order valence-electron chi connectivity index (χ4n) is 1.93. The van der Waals surface area contributed by atoms with Crippen LogP contribution >= 0.6 is 11.6 Å². The van der Waals surface area contributed by atoms with Crippen LogP contribution in [0.3, 0.4) is 0 Å². The highest BCUT2D eigenvalue weighted by atomic mass is 35.5. The van der Waals surface area contributed by atoms with Gasteiger partial charge in [-0.2, -0.15) is 0 Å². The number of aromatic nitrogens is 3. The normalized spacial score (nSPS) is 12.3. The predicted octanol–water partition coefficient (Wildman–Crippen LogP) is 3.23. The molecule has 86 valence electrons. The molecule has 0 N–H and O–H groups in total. The van der Waals surface area contributed by atoms with Gasteiger partial charge in [0.25, 0.3) is 0 Å². The van der Waals surface area contributed by atoms with Gasteiger partial charge in [0.05, 0.1) is 5.88 Å². The molecule has 0 aliphatic heterocycles. The molecule has 0 radical (unpaired) electrons. The second-order valence-corrected chi connectivity index (χ2v) is 5.24. The van der Waals surface area contributed by atoms with E-state index < -0.39 is 0 Å². The summed E-state index contributed by atoms with van der Waals surface area (Å²) < 4.78 is 2.11. The molecule has 2 aromatic heterocycles. The third-order valence-corrected chi connectivity index (χ3v) is 2.85. The van der Waals surface area contributed by atoms with Crippen LogP contribution in [-0.4, -0.2) is 14.5 Å². The van der Waals surface area contributed by atoms with E-state index in [4.69, 9.17) is 11.6 Å². The minimum absolute atomic E-state index is 0.0558. The van der Waals surface area contributed by atoms with E-state index in [1.54, 1.807) is 0 Å². The standard InChI is InChI=1S/C12H16ClN3/c1-8-5-6-14-11-10(8)15-9(7-13)16(11)12(2,3)4/h5-6H,7H2,1-4H3. The maximum Gasteiger partial charge on any atom is 0.160 e. The second kappa shape index (κ2) is 3.74. The molecule has 3 nitrogen and oxygen atoms in total. The summed E-state index contributed by atoms with van der Waals surface area (Å²) in [5, 5.41) is 0. The molecule has 0 bridgehead atoms. The number of alkyl halides is 1. The smallest absolute Gasteiger partial charge is 0.160 e. The first-order valence-corrected chi connectivity index (χ1v) is 5.88. The van der Waals surface area contributed by atoms with Crippen LogP contribution in [0.5, 0.6) is 0 Å². The molecule has 0 unspecified atom stereocenters. The average molecular weight is 238 g/mol. The Labute approximate surface area is 100 Å². The molecular formula is C12H16ClN3. The van der Waals surface area contributed by atoms with Crippen LogP contribution in [0.25, 0.3) is 11.2 Å². The van der Waals surface area contributed by atoms with Crippen LogP contribution in [0.2, 0.25) is 0 Å². The Bertz CT molecular complexity index is 523. The minimum atomic E-state index is -0.0558. The Morgan fingerprint density at radius 2 is 2.06 bits per heavy atom. The summed E-state index contributed by atoms with van der Waals surface area (Å²) in [5.74, 6) is 1.29. The van der Waals surface area contributed by atoms with Gasteiger partial charge >= 0.3 is 0 Å². The highest BCUT2D eigenvalue weighted by molar-refractivity contribution is 6.16. The molecule has 0 aliphatic rings. The van der Waals surface area contributed by atoms with E-state index in [1.165, 1.54) is 0 Å². The maximum absolute atomic E-state index is 5.95. The Balaban J connectivity index is 2.84. The van der Waals surface area contributed by atoms with Gasteiger partial charge < -0.3 is 4.57 Å². The van der Waals surface area contributed by atoms with Crippen LogP contribution in [0, 0.1) is 6.92 Å². The Kier molecular flexibility index (Phi) is 2.66. The summed E-state index contributed by atoms with van der Waals surface area (Å²) in [6.07, 6.45) is 1.82. The molecule has 0 saturated carbocycles. The molecule has 0 aromatic carbocycles. The molecule has 0 saturated heterocycles. The zero-order valence-electron chi connectivity index (χ0n) is 10.1. The van der Waals surface area contributed by atoms with E-state index in [1.807, 2.05) is 19.2 Å². The Hall–Kier alpha value is -1.09. The van der Waals surface area contributed by atoms with Crippen LogP contribution < -0.4 is 0 Å². The number of aryl methyl sites for hydroxylation is 1. The lowest BCUT2D eigenvalue weighted by Crippen LogP contribution is -2.24. The average Bonchev–Trinajstić information content (AvgIpc) is 2.57. The number of nitrogens with zero attached hydrogens (tertiary/aromatic N) is 3. The molecule has 0 spiro atoms. The molecular weight excluding hydrogens is 222 g/mol. The van der Waals surface area contributed by atoms with E-state index in [9.17, 15) is 0 Å². The maximum atomic E-state index is 5.95. The van der Waals surface area contributed by atoms with Crippen molar-refractivity contribution in [1.82, 2.24) is 14.5 Å². The zero-order chi connectivity index (χ0) is 11.9. The first kappa shape index (κ1) is 11.4. The Morgan fingerprint density at radius 3 is 2.62 bits per heavy atom. The largest absolute Gasteiger partial charge is 0.306 e. The minimum Gasteiger partial charge on any atom is -0.306 e. The van der Waals surface area contributed by atoms with Crippen LogP contribution in [0.4, 0.5) is 0 Å². The van der Waals surface area contributed by atoms with Gasteiger partial charge in [0.2, 0.25) is 0 Å². The fraction of sp³-hybridized carbons (Fsp3) is 0.500. The number of hydrogen-bond donors (Lipinski definition) is 0. The van der Waals surface area contributed by atoms with Crippen molar-refractivity contribution in [2.45, 2.75) is 39.1 Å². The van der Waals surface area contributed by atoms with Gasteiger partial charge in [-0.15, -0.1) is 11.6 Å². The van der Waals surface area contributed by atoms with E-state index in [0.717, 1.165) is 22.6 Å². The number of rotatable bonds is 1. The molecule has 0 amide bonds. The molecule has 2 rings (SSSR count). The fourth-order valence-corrected chi connectivity index (χ4v) is 2.11. The van der Waals surface area contributed by atoms with Crippen LogP contribution in [0.1, 0.15) is 32.2 Å². The number of imidazole rings is 1. The lowest BCUT2D eigenvalue weighted by molar-refractivity contribution is 0.396. The summed E-state index contributed by atoms with van der Waals surface area (Å²) in [6, 6.07) is 1.97. The number of pyridine rings is 1. The molecule has 0 aliphatic carbocycles. The van der Waals surface area contributed by atoms with E-state index in [-0.39, 0.29) is 5.54 Å². The molecule has 0 fully saturated rings. The van der Waals surface area contributed by atoms with Gasteiger partial charge in [-0.05, 0) is 39.3 Å². The summed E-state index contributed by atoms with van der Waals surface area (Å²) in [5.41, 5.74) is 2.95. The summed E-state index contributed by atoms with van der Waals surface area (Å²) in [6.45, 7) is 8.44. The number of halogens is 1. The van der Waals surface area contributed by atoms with Gasteiger partial charge in [0, 0.05) is 11.7 Å². The van der Waals surface area contributed by atoms with Gasteiger partial charge in [-0.25, -0.2) is 9.97 Å². The number of fused-ring (bicyclic) bond motifs is 1. The highest BCUT2D eigenvalue weighted by Crippen LogP contribution is 2.25. The molecule has 2 heterocycles. The zero-order valence-corrected chi connectivity index (χ0v) is 10.8. The summed E-state index contributed by atoms with van der Waals surface area (Å²) in [4.78, 5) is 8.98. The quantitative estimate of drug-likeness (QED) is 0.713. The SMILES string of the molecule is Cc1ccnc2c1nc(CCl)n2C(C)(C)C. The predicted molar refractivity (Wildman–Crippen MR) is 66.8 cm³/mol. The van der Waals surface area contributed by atoms with Gasteiger partial charge in [-0.1, -0.05) is 0 Å². The van der Waals surface area contributed by atoms with Crippen molar-refractivity contribution in [3.63, 3.8) is 0 Å². The van der Waals surface area contributed by atoms with Gasteiger partial charge in [0.15, 0.2) is 5.65 Å². The lowest BCUT2D eigenvalue weighted by Gasteiger charge is -2.23. The molecule has 4 heteroatoms. The van der Waals surface area contributed by atoms with Crippen molar-refractivity contribution in [2.75, 3.05) is 0 Å². The second-order valence-electron chi connectivity index (χ2n) is 4.97. The summed E-state index contributed by atoms with van der Waals surface area (Å²) in [7, 11) is 0. The first-order valence-electron chi connectivity index (χ1n) is 5.34. The van der Waals surface area contributed by atoms with Crippen molar-refractivity contribution >= 4 is 22.8 Å². The summed E-state index contributed by atoms with van der Waals surface area (Å²) >= 11 is 5.95. The topological polar surface area (TPSA) is 30.7 Å². The van der Waals surface area contributed by atoms with Gasteiger partial charge in [0.1, 0.15) is 11.3 Å². The van der Waals surface area contributed by atoms with Crippen molar-refractivity contribution in [3.8, 4) is 0 Å².